The third-order valence-electron chi connectivity index (χ3n) is 2.89. The van der Waals surface area contributed by atoms with Crippen molar-refractivity contribution < 1.29 is 14.6 Å². The smallest absolute Gasteiger partial charge is 0.260 e. The highest BCUT2D eigenvalue weighted by molar-refractivity contribution is 9.11. The number of aliphatic hydroxyl groups is 1. The number of halogens is 2. The molecule has 1 aromatic carbocycles. The number of benzene rings is 1. The van der Waals surface area contributed by atoms with Crippen LogP contribution in [-0.2, 0) is 4.79 Å². The van der Waals surface area contributed by atoms with Gasteiger partial charge in [-0.3, -0.25) is 4.79 Å². The minimum absolute atomic E-state index is 0.00324. The molecule has 19 heavy (non-hydrogen) atoms. The molecule has 104 valence electrons. The summed E-state index contributed by atoms with van der Waals surface area (Å²) in [6.45, 7) is 0.370. The van der Waals surface area contributed by atoms with Crippen LogP contribution in [0.2, 0.25) is 0 Å². The van der Waals surface area contributed by atoms with Crippen molar-refractivity contribution in [1.29, 1.82) is 0 Å². The van der Waals surface area contributed by atoms with Crippen LogP contribution in [0.1, 0.15) is 12.8 Å². The molecule has 0 atom stereocenters. The second-order valence-electron chi connectivity index (χ2n) is 4.41. The number of carbonyl (C=O) groups is 1. The second-order valence-corrected chi connectivity index (χ2v) is 6.18. The summed E-state index contributed by atoms with van der Waals surface area (Å²) in [5, 5.41) is 8.97. The molecular weight excluding hydrogens is 378 g/mol. The first-order chi connectivity index (χ1) is 9.11. The zero-order chi connectivity index (χ0) is 13.8. The molecule has 0 aromatic heterocycles. The van der Waals surface area contributed by atoms with Crippen LogP contribution in [0.4, 0.5) is 0 Å². The molecule has 0 unspecified atom stereocenters. The fourth-order valence-electron chi connectivity index (χ4n) is 1.82. The van der Waals surface area contributed by atoms with Crippen molar-refractivity contribution in [2.45, 2.75) is 18.9 Å². The SMILES string of the molecule is O=C(COc1ccc(Br)cc1Br)N(CCO)C1CC1. The molecule has 0 saturated heterocycles. The Labute approximate surface area is 129 Å². The third kappa shape index (κ3) is 4.19. The van der Waals surface area contributed by atoms with Gasteiger partial charge in [0.25, 0.3) is 5.91 Å². The Kier molecular flexibility index (Phi) is 5.24. The Bertz CT molecular complexity index is 463. The van der Waals surface area contributed by atoms with Crippen molar-refractivity contribution in [3.05, 3.63) is 27.1 Å². The lowest BCUT2D eigenvalue weighted by molar-refractivity contribution is -0.134. The van der Waals surface area contributed by atoms with E-state index in [9.17, 15) is 4.79 Å². The van der Waals surface area contributed by atoms with Crippen molar-refractivity contribution >= 4 is 37.8 Å². The Hall–Kier alpha value is -0.590. The fraction of sp³-hybridized carbons (Fsp3) is 0.462. The van der Waals surface area contributed by atoms with Crippen LogP contribution in [0.5, 0.6) is 5.75 Å². The average molecular weight is 393 g/mol. The van der Waals surface area contributed by atoms with Gasteiger partial charge in [-0.2, -0.15) is 0 Å². The van der Waals surface area contributed by atoms with Gasteiger partial charge in [-0.1, -0.05) is 15.9 Å². The molecule has 6 heteroatoms. The standard InChI is InChI=1S/C13H15Br2NO3/c14-9-1-4-12(11(15)7-9)19-8-13(18)16(5-6-17)10-2-3-10/h1,4,7,10,17H,2-3,5-6,8H2. The highest BCUT2D eigenvalue weighted by Gasteiger charge is 2.32. The van der Waals surface area contributed by atoms with Crippen LogP contribution < -0.4 is 4.74 Å². The molecule has 0 spiro atoms. The van der Waals surface area contributed by atoms with Gasteiger partial charge in [0.05, 0.1) is 11.1 Å². The van der Waals surface area contributed by atoms with Crippen LogP contribution >= 0.6 is 31.9 Å². The van der Waals surface area contributed by atoms with E-state index in [0.29, 0.717) is 12.3 Å². The van der Waals surface area contributed by atoms with Gasteiger partial charge in [-0.05, 0) is 47.0 Å². The van der Waals surface area contributed by atoms with E-state index in [-0.39, 0.29) is 25.2 Å². The minimum Gasteiger partial charge on any atom is -0.483 e. The van der Waals surface area contributed by atoms with E-state index in [1.54, 1.807) is 11.0 Å². The molecular formula is C13H15Br2NO3. The molecule has 0 bridgehead atoms. The van der Waals surface area contributed by atoms with E-state index in [0.717, 1.165) is 21.8 Å². The fourth-order valence-corrected chi connectivity index (χ4v) is 2.98. The summed E-state index contributed by atoms with van der Waals surface area (Å²) < 4.78 is 7.26. The van der Waals surface area contributed by atoms with Crippen molar-refractivity contribution in [2.24, 2.45) is 0 Å². The first kappa shape index (κ1) is 14.8. The summed E-state index contributed by atoms with van der Waals surface area (Å²) >= 11 is 6.75. The van der Waals surface area contributed by atoms with Gasteiger partial charge in [0, 0.05) is 17.1 Å². The largest absolute Gasteiger partial charge is 0.483 e. The van der Waals surface area contributed by atoms with E-state index in [1.165, 1.54) is 0 Å². The van der Waals surface area contributed by atoms with Gasteiger partial charge in [0.15, 0.2) is 6.61 Å². The van der Waals surface area contributed by atoms with Crippen molar-refractivity contribution in [1.82, 2.24) is 4.90 Å². The van der Waals surface area contributed by atoms with E-state index in [4.69, 9.17) is 9.84 Å². The number of hydrogen-bond acceptors (Lipinski definition) is 3. The van der Waals surface area contributed by atoms with Crippen LogP contribution in [0.3, 0.4) is 0 Å². The van der Waals surface area contributed by atoms with Crippen molar-refractivity contribution in [3.8, 4) is 5.75 Å². The highest BCUT2D eigenvalue weighted by atomic mass is 79.9. The summed E-state index contributed by atoms with van der Waals surface area (Å²) in [6.07, 6.45) is 2.04. The first-order valence-electron chi connectivity index (χ1n) is 6.10. The molecule has 1 aliphatic carbocycles. The van der Waals surface area contributed by atoms with Crippen LogP contribution in [0, 0.1) is 0 Å². The maximum absolute atomic E-state index is 12.0. The molecule has 1 N–H and O–H groups in total. The lowest BCUT2D eigenvalue weighted by atomic mass is 10.3. The van der Waals surface area contributed by atoms with Gasteiger partial charge in [-0.15, -0.1) is 0 Å². The van der Waals surface area contributed by atoms with E-state index < -0.39 is 0 Å². The van der Waals surface area contributed by atoms with Crippen LogP contribution in [-0.4, -0.2) is 41.7 Å². The van der Waals surface area contributed by atoms with Crippen molar-refractivity contribution in [2.75, 3.05) is 19.8 Å². The number of ether oxygens (including phenoxy) is 1. The lowest BCUT2D eigenvalue weighted by Gasteiger charge is -2.21. The molecule has 2 rings (SSSR count). The Morgan fingerprint density at radius 2 is 2.16 bits per heavy atom. The maximum Gasteiger partial charge on any atom is 0.260 e. The predicted octanol–water partition coefficient (Wildman–Crippen LogP) is 2.57. The first-order valence-corrected chi connectivity index (χ1v) is 7.68. The summed E-state index contributed by atoms with van der Waals surface area (Å²) in [4.78, 5) is 13.7. The zero-order valence-electron chi connectivity index (χ0n) is 10.3. The summed E-state index contributed by atoms with van der Waals surface area (Å²) in [7, 11) is 0. The number of hydrogen-bond donors (Lipinski definition) is 1. The number of amides is 1. The van der Waals surface area contributed by atoms with E-state index >= 15 is 0 Å². The second kappa shape index (κ2) is 6.72. The zero-order valence-corrected chi connectivity index (χ0v) is 13.5. The van der Waals surface area contributed by atoms with Gasteiger partial charge in [0.1, 0.15) is 5.75 Å². The molecule has 1 amide bonds. The lowest BCUT2D eigenvalue weighted by Crippen LogP contribution is -2.38. The van der Waals surface area contributed by atoms with Gasteiger partial charge < -0.3 is 14.7 Å². The maximum atomic E-state index is 12.0. The molecule has 1 aromatic rings. The van der Waals surface area contributed by atoms with Crippen LogP contribution in [0.25, 0.3) is 0 Å². The monoisotopic (exact) mass is 391 g/mol. The third-order valence-corrected chi connectivity index (χ3v) is 4.01. The van der Waals surface area contributed by atoms with Gasteiger partial charge in [0.2, 0.25) is 0 Å². The Balaban J connectivity index is 1.91. The molecule has 1 saturated carbocycles. The minimum atomic E-state index is -0.0774. The number of carbonyl (C=O) groups excluding carboxylic acids is 1. The van der Waals surface area contributed by atoms with E-state index in [1.807, 2.05) is 12.1 Å². The van der Waals surface area contributed by atoms with E-state index in [2.05, 4.69) is 31.9 Å². The summed E-state index contributed by atoms with van der Waals surface area (Å²) in [5.74, 6) is 0.558. The average Bonchev–Trinajstić information content (AvgIpc) is 3.18. The van der Waals surface area contributed by atoms with Gasteiger partial charge in [-0.25, -0.2) is 0 Å². The predicted molar refractivity (Wildman–Crippen MR) is 79.2 cm³/mol. The summed E-state index contributed by atoms with van der Waals surface area (Å²) in [6, 6.07) is 5.81. The Morgan fingerprint density at radius 1 is 1.42 bits per heavy atom. The van der Waals surface area contributed by atoms with Crippen molar-refractivity contribution in [3.63, 3.8) is 0 Å². The normalized spacial score (nSPS) is 14.3. The molecule has 0 heterocycles. The Morgan fingerprint density at radius 3 is 2.74 bits per heavy atom. The number of nitrogens with zero attached hydrogens (tertiary/aromatic N) is 1. The molecule has 0 radical (unpaired) electrons. The number of rotatable bonds is 6. The number of aliphatic hydroxyl groups excluding tert-OH is 1. The topological polar surface area (TPSA) is 49.8 Å². The highest BCUT2D eigenvalue weighted by Crippen LogP contribution is 2.29. The molecule has 1 aliphatic rings. The summed E-state index contributed by atoms with van der Waals surface area (Å²) in [5.41, 5.74) is 0. The molecule has 4 nitrogen and oxygen atoms in total. The molecule has 0 aliphatic heterocycles. The quantitative estimate of drug-likeness (QED) is 0.809. The molecule has 1 fully saturated rings. The van der Waals surface area contributed by atoms with Gasteiger partial charge >= 0.3 is 0 Å². The van der Waals surface area contributed by atoms with Crippen LogP contribution in [0.15, 0.2) is 27.1 Å².